The molecule has 1 aromatic heterocycles. The standard InChI is InChI=1S/C12H19IN2OS/c1-4-12(5-2,7-17)6-15-8-14-9(3)10(13)11(15)16/h8,17H,4-7H2,1-3H3. The Morgan fingerprint density at radius 1 is 1.47 bits per heavy atom. The lowest BCUT2D eigenvalue weighted by Gasteiger charge is -2.30. The number of halogens is 1. The smallest absolute Gasteiger partial charge is 0.267 e. The van der Waals surface area contributed by atoms with E-state index in [1.165, 1.54) is 0 Å². The van der Waals surface area contributed by atoms with E-state index >= 15 is 0 Å². The van der Waals surface area contributed by atoms with E-state index in [-0.39, 0.29) is 11.0 Å². The zero-order chi connectivity index (χ0) is 13.1. The monoisotopic (exact) mass is 366 g/mol. The fourth-order valence-corrected chi connectivity index (χ4v) is 2.76. The highest BCUT2D eigenvalue weighted by atomic mass is 127. The molecule has 0 aliphatic heterocycles. The van der Waals surface area contributed by atoms with Gasteiger partial charge in [0.15, 0.2) is 0 Å². The molecule has 3 nitrogen and oxygen atoms in total. The average molecular weight is 366 g/mol. The maximum atomic E-state index is 12.1. The molecule has 0 saturated carbocycles. The van der Waals surface area contributed by atoms with Crippen molar-refractivity contribution in [3.63, 3.8) is 0 Å². The van der Waals surface area contributed by atoms with Gasteiger partial charge in [-0.05, 0) is 53.5 Å². The molecule has 1 aromatic rings. The van der Waals surface area contributed by atoms with E-state index in [2.05, 4.69) is 54.1 Å². The van der Waals surface area contributed by atoms with Gasteiger partial charge in [0, 0.05) is 6.54 Å². The molecule has 96 valence electrons. The van der Waals surface area contributed by atoms with Crippen molar-refractivity contribution in [3.8, 4) is 0 Å². The summed E-state index contributed by atoms with van der Waals surface area (Å²) < 4.78 is 2.43. The van der Waals surface area contributed by atoms with Crippen LogP contribution in [0.4, 0.5) is 0 Å². The Bertz CT molecular complexity index is 432. The van der Waals surface area contributed by atoms with Crippen molar-refractivity contribution in [1.29, 1.82) is 0 Å². The minimum absolute atomic E-state index is 0.0613. The van der Waals surface area contributed by atoms with Gasteiger partial charge in [0.2, 0.25) is 0 Å². The van der Waals surface area contributed by atoms with Crippen LogP contribution >= 0.6 is 35.2 Å². The first kappa shape index (κ1) is 15.0. The Balaban J connectivity index is 3.11. The molecule has 0 aliphatic rings. The molecule has 0 atom stereocenters. The summed E-state index contributed by atoms with van der Waals surface area (Å²) in [6.45, 7) is 6.86. The third-order valence-corrected chi connectivity index (χ3v) is 5.41. The molecule has 0 aromatic carbocycles. The second-order valence-corrected chi connectivity index (χ2v) is 5.84. The topological polar surface area (TPSA) is 34.9 Å². The zero-order valence-corrected chi connectivity index (χ0v) is 13.6. The number of nitrogens with zero attached hydrogens (tertiary/aromatic N) is 2. The molecule has 0 unspecified atom stereocenters. The lowest BCUT2D eigenvalue weighted by molar-refractivity contribution is 0.253. The van der Waals surface area contributed by atoms with Crippen molar-refractivity contribution < 1.29 is 0 Å². The summed E-state index contributed by atoms with van der Waals surface area (Å²) >= 11 is 6.50. The van der Waals surface area contributed by atoms with Crippen molar-refractivity contribution in [2.75, 3.05) is 5.75 Å². The van der Waals surface area contributed by atoms with Gasteiger partial charge < -0.3 is 0 Å². The van der Waals surface area contributed by atoms with Gasteiger partial charge in [-0.25, -0.2) is 4.98 Å². The average Bonchev–Trinajstić information content (AvgIpc) is 2.36. The Labute approximate surface area is 122 Å². The molecule has 0 saturated heterocycles. The van der Waals surface area contributed by atoms with Gasteiger partial charge in [0.05, 0.1) is 15.6 Å². The normalized spacial score (nSPS) is 11.8. The van der Waals surface area contributed by atoms with Gasteiger partial charge in [-0.15, -0.1) is 0 Å². The van der Waals surface area contributed by atoms with Crippen molar-refractivity contribution >= 4 is 35.2 Å². The van der Waals surface area contributed by atoms with Gasteiger partial charge in [0.1, 0.15) is 0 Å². The molecule has 0 aliphatic carbocycles. The van der Waals surface area contributed by atoms with Crippen LogP contribution in [0.15, 0.2) is 11.1 Å². The van der Waals surface area contributed by atoms with E-state index < -0.39 is 0 Å². The molecule has 1 rings (SSSR count). The molecular formula is C12H19IN2OS. The first-order valence-electron chi connectivity index (χ1n) is 5.82. The number of thiol groups is 1. The lowest BCUT2D eigenvalue weighted by Crippen LogP contribution is -2.34. The molecule has 1 heterocycles. The van der Waals surface area contributed by atoms with Gasteiger partial charge in [-0.1, -0.05) is 13.8 Å². The van der Waals surface area contributed by atoms with Gasteiger partial charge in [0.25, 0.3) is 5.56 Å². The third kappa shape index (κ3) is 3.24. The van der Waals surface area contributed by atoms with Crippen LogP contribution in [-0.4, -0.2) is 15.3 Å². The number of rotatable bonds is 5. The summed E-state index contributed by atoms with van der Waals surface area (Å²) in [5.41, 5.74) is 0.954. The van der Waals surface area contributed by atoms with Crippen LogP contribution in [0.1, 0.15) is 32.4 Å². The first-order chi connectivity index (χ1) is 7.99. The van der Waals surface area contributed by atoms with Crippen LogP contribution in [0.2, 0.25) is 0 Å². The van der Waals surface area contributed by atoms with E-state index in [0.717, 1.165) is 24.3 Å². The van der Waals surface area contributed by atoms with Gasteiger partial charge in [-0.3, -0.25) is 9.36 Å². The summed E-state index contributed by atoms with van der Waals surface area (Å²) in [5.74, 6) is 0.789. The van der Waals surface area contributed by atoms with Crippen molar-refractivity contribution in [3.05, 3.63) is 25.9 Å². The largest absolute Gasteiger partial charge is 0.298 e. The highest BCUT2D eigenvalue weighted by Gasteiger charge is 2.25. The Hall–Kier alpha value is -0.0400. The molecule has 0 fully saturated rings. The predicted octanol–water partition coefficient (Wildman–Crippen LogP) is 2.89. The van der Waals surface area contributed by atoms with Crippen LogP contribution < -0.4 is 5.56 Å². The first-order valence-corrected chi connectivity index (χ1v) is 7.53. The van der Waals surface area contributed by atoms with E-state index in [1.807, 2.05) is 6.92 Å². The van der Waals surface area contributed by atoms with Crippen molar-refractivity contribution in [2.24, 2.45) is 5.41 Å². The lowest BCUT2D eigenvalue weighted by atomic mass is 9.84. The van der Waals surface area contributed by atoms with E-state index in [4.69, 9.17) is 0 Å². The van der Waals surface area contributed by atoms with Gasteiger partial charge in [-0.2, -0.15) is 12.6 Å². The summed E-state index contributed by atoms with van der Waals surface area (Å²) in [6.07, 6.45) is 3.69. The van der Waals surface area contributed by atoms with Crippen molar-refractivity contribution in [1.82, 2.24) is 9.55 Å². The highest BCUT2D eigenvalue weighted by molar-refractivity contribution is 14.1. The molecule has 17 heavy (non-hydrogen) atoms. The van der Waals surface area contributed by atoms with Crippen LogP contribution in [0.3, 0.4) is 0 Å². The highest BCUT2D eigenvalue weighted by Crippen LogP contribution is 2.29. The Kier molecular flexibility index (Phi) is 5.50. The second kappa shape index (κ2) is 6.22. The quantitative estimate of drug-likeness (QED) is 0.643. The summed E-state index contributed by atoms with van der Waals surface area (Å²) in [4.78, 5) is 16.4. The van der Waals surface area contributed by atoms with E-state index in [1.54, 1.807) is 10.9 Å². The Morgan fingerprint density at radius 3 is 2.53 bits per heavy atom. The summed E-state index contributed by atoms with van der Waals surface area (Å²) in [5, 5.41) is 0. The summed E-state index contributed by atoms with van der Waals surface area (Å²) in [6, 6.07) is 0. The van der Waals surface area contributed by atoms with Crippen LogP contribution in [0.25, 0.3) is 0 Å². The fourth-order valence-electron chi connectivity index (χ4n) is 1.77. The third-order valence-electron chi connectivity index (χ3n) is 3.50. The van der Waals surface area contributed by atoms with Crippen molar-refractivity contribution in [2.45, 2.75) is 40.2 Å². The SMILES string of the molecule is CCC(CC)(CS)Cn1cnc(C)c(I)c1=O. The maximum Gasteiger partial charge on any atom is 0.267 e. The Morgan fingerprint density at radius 2 is 2.06 bits per heavy atom. The van der Waals surface area contributed by atoms with Gasteiger partial charge >= 0.3 is 0 Å². The number of aryl methyl sites for hydroxylation is 1. The molecule has 0 bridgehead atoms. The number of hydrogen-bond donors (Lipinski definition) is 1. The predicted molar refractivity (Wildman–Crippen MR) is 82.8 cm³/mol. The summed E-state index contributed by atoms with van der Waals surface area (Å²) in [7, 11) is 0. The second-order valence-electron chi connectivity index (χ2n) is 4.44. The van der Waals surface area contributed by atoms with E-state index in [0.29, 0.717) is 10.1 Å². The number of aromatic nitrogens is 2. The molecule has 0 N–H and O–H groups in total. The van der Waals surface area contributed by atoms with Crippen LogP contribution in [0.5, 0.6) is 0 Å². The molecule has 0 spiro atoms. The van der Waals surface area contributed by atoms with Crippen LogP contribution in [0, 0.1) is 15.9 Å². The fraction of sp³-hybridized carbons (Fsp3) is 0.667. The van der Waals surface area contributed by atoms with Crippen LogP contribution in [-0.2, 0) is 6.54 Å². The minimum atomic E-state index is 0.0613. The molecule has 5 heteroatoms. The molecule has 0 radical (unpaired) electrons. The maximum absolute atomic E-state index is 12.1. The van der Waals surface area contributed by atoms with E-state index in [9.17, 15) is 4.79 Å². The minimum Gasteiger partial charge on any atom is -0.298 e. The molecule has 0 amide bonds. The zero-order valence-electron chi connectivity index (χ0n) is 10.5. The number of hydrogen-bond acceptors (Lipinski definition) is 3. The molecular weight excluding hydrogens is 347 g/mol.